The summed E-state index contributed by atoms with van der Waals surface area (Å²) >= 11 is 1.07. The predicted octanol–water partition coefficient (Wildman–Crippen LogP) is 2.49. The van der Waals surface area contributed by atoms with Crippen molar-refractivity contribution < 1.29 is 22.5 Å². The second-order valence-corrected chi connectivity index (χ2v) is 8.24. The van der Waals surface area contributed by atoms with E-state index in [1.165, 1.54) is 12.1 Å². The minimum atomic E-state index is -3.90. The minimum Gasteiger partial charge on any atom is -0.478 e. The molecule has 0 amide bonds. The number of hydrogen-bond acceptors (Lipinski definition) is 7. The van der Waals surface area contributed by atoms with Crippen molar-refractivity contribution in [2.75, 3.05) is 13.3 Å². The number of benzene rings is 2. The van der Waals surface area contributed by atoms with Crippen molar-refractivity contribution in [1.82, 2.24) is 10.3 Å². The summed E-state index contributed by atoms with van der Waals surface area (Å²) in [4.78, 5) is 14.9. The summed E-state index contributed by atoms with van der Waals surface area (Å²) in [6, 6.07) is 13.7. The standard InChI is InChI=1S/C17H16N2O5S2/c20-16(21)13-7-5-12(6-8-13)9-10-18-11-24-26(22,23)17-19-14-3-1-2-4-15(14)25-17/h1-8,18H,9-11H2,(H,20,21). The molecule has 0 atom stereocenters. The van der Waals surface area contributed by atoms with E-state index in [4.69, 9.17) is 9.29 Å². The van der Waals surface area contributed by atoms with Crippen LogP contribution in [0, 0.1) is 0 Å². The van der Waals surface area contributed by atoms with Crippen LogP contribution >= 0.6 is 11.3 Å². The predicted molar refractivity (Wildman–Crippen MR) is 97.9 cm³/mol. The molecule has 0 spiro atoms. The number of thiazole rings is 1. The fourth-order valence-electron chi connectivity index (χ4n) is 2.25. The molecule has 3 aromatic rings. The van der Waals surface area contributed by atoms with E-state index in [1.54, 1.807) is 30.3 Å². The highest BCUT2D eigenvalue weighted by Crippen LogP contribution is 2.25. The van der Waals surface area contributed by atoms with Gasteiger partial charge in [0.05, 0.1) is 15.8 Å². The summed E-state index contributed by atoms with van der Waals surface area (Å²) in [5.74, 6) is -0.969. The molecule has 3 rings (SSSR count). The highest BCUT2D eigenvalue weighted by Gasteiger charge is 2.20. The van der Waals surface area contributed by atoms with Crippen molar-refractivity contribution in [3.05, 3.63) is 59.7 Å². The Morgan fingerprint density at radius 3 is 2.58 bits per heavy atom. The van der Waals surface area contributed by atoms with Crippen molar-refractivity contribution >= 4 is 37.6 Å². The Kier molecular flexibility index (Phi) is 5.62. The quantitative estimate of drug-likeness (QED) is 0.345. The van der Waals surface area contributed by atoms with Crippen LogP contribution in [0.5, 0.6) is 0 Å². The highest BCUT2D eigenvalue weighted by atomic mass is 32.3. The zero-order chi connectivity index (χ0) is 18.6. The minimum absolute atomic E-state index is 0.0650. The molecule has 0 bridgehead atoms. The van der Waals surface area contributed by atoms with Crippen LogP contribution in [0.25, 0.3) is 10.2 Å². The molecule has 1 aromatic heterocycles. The van der Waals surface area contributed by atoms with Crippen molar-refractivity contribution in [3.8, 4) is 0 Å². The van der Waals surface area contributed by atoms with Crippen molar-refractivity contribution in [1.29, 1.82) is 0 Å². The van der Waals surface area contributed by atoms with E-state index in [0.29, 0.717) is 18.5 Å². The van der Waals surface area contributed by atoms with Crippen molar-refractivity contribution in [3.63, 3.8) is 0 Å². The van der Waals surface area contributed by atoms with Crippen LogP contribution in [-0.2, 0) is 20.7 Å². The molecule has 2 N–H and O–H groups in total. The van der Waals surface area contributed by atoms with Crippen LogP contribution in [-0.4, -0.2) is 37.8 Å². The summed E-state index contributed by atoms with van der Waals surface area (Å²) in [7, 11) is -3.90. The van der Waals surface area contributed by atoms with Crippen molar-refractivity contribution in [2.45, 2.75) is 10.8 Å². The lowest BCUT2D eigenvalue weighted by atomic mass is 10.1. The largest absolute Gasteiger partial charge is 0.478 e. The Balaban J connectivity index is 1.48. The first-order chi connectivity index (χ1) is 12.5. The number of fused-ring (bicyclic) bond motifs is 1. The maximum Gasteiger partial charge on any atom is 0.335 e. The summed E-state index contributed by atoms with van der Waals surface area (Å²) in [5, 5.41) is 11.7. The molecule has 0 radical (unpaired) electrons. The molecule has 0 unspecified atom stereocenters. The third-order valence-corrected chi connectivity index (χ3v) is 6.24. The molecule has 0 fully saturated rings. The van der Waals surface area contributed by atoms with Crippen LogP contribution in [0.2, 0.25) is 0 Å². The van der Waals surface area contributed by atoms with Crippen molar-refractivity contribution in [2.24, 2.45) is 0 Å². The number of para-hydroxylation sites is 1. The maximum atomic E-state index is 12.2. The number of nitrogens with zero attached hydrogens (tertiary/aromatic N) is 1. The van der Waals surface area contributed by atoms with E-state index in [1.807, 2.05) is 6.07 Å². The van der Waals surface area contributed by atoms with E-state index in [9.17, 15) is 13.2 Å². The first-order valence-electron chi connectivity index (χ1n) is 7.74. The van der Waals surface area contributed by atoms with E-state index in [2.05, 4.69) is 10.3 Å². The molecular formula is C17H16N2O5S2. The van der Waals surface area contributed by atoms with Gasteiger partial charge in [0.25, 0.3) is 0 Å². The summed E-state index contributed by atoms with van der Waals surface area (Å²) in [5.41, 5.74) is 1.79. The number of carbonyl (C=O) groups is 1. The van der Waals surface area contributed by atoms with Crippen LogP contribution in [0.1, 0.15) is 15.9 Å². The monoisotopic (exact) mass is 392 g/mol. The fraction of sp³-hybridized carbons (Fsp3) is 0.176. The van der Waals surface area contributed by atoms with Crippen LogP contribution < -0.4 is 5.32 Å². The number of carboxylic acid groups (broad SMARTS) is 1. The number of carboxylic acids is 1. The summed E-state index contributed by atoms with van der Waals surface area (Å²) in [6.45, 7) is 0.327. The molecule has 26 heavy (non-hydrogen) atoms. The number of aromatic carboxylic acids is 1. The lowest BCUT2D eigenvalue weighted by Crippen LogP contribution is -2.23. The Labute approximate surface area is 154 Å². The molecule has 1 heterocycles. The van der Waals surface area contributed by atoms with Gasteiger partial charge in [0.15, 0.2) is 0 Å². The first kappa shape index (κ1) is 18.5. The summed E-state index contributed by atoms with van der Waals surface area (Å²) < 4.78 is 30.0. The summed E-state index contributed by atoms with van der Waals surface area (Å²) in [6.07, 6.45) is 0.616. The zero-order valence-electron chi connectivity index (χ0n) is 13.6. The first-order valence-corrected chi connectivity index (χ1v) is 9.96. The van der Waals surface area contributed by atoms with Crippen LogP contribution in [0.15, 0.2) is 52.9 Å². The van der Waals surface area contributed by atoms with Gasteiger partial charge in [-0.05, 0) is 36.2 Å². The molecule has 0 aliphatic carbocycles. The SMILES string of the molecule is O=C(O)c1ccc(CCNCOS(=O)(=O)c2nc3ccccc3s2)cc1. The molecule has 0 saturated heterocycles. The van der Waals surface area contributed by atoms with Gasteiger partial charge in [-0.3, -0.25) is 5.32 Å². The lowest BCUT2D eigenvalue weighted by Gasteiger charge is -2.06. The molecule has 0 aliphatic rings. The van der Waals surface area contributed by atoms with Gasteiger partial charge in [-0.1, -0.05) is 24.3 Å². The van der Waals surface area contributed by atoms with Crippen LogP contribution in [0.3, 0.4) is 0 Å². The molecule has 0 saturated carbocycles. The highest BCUT2D eigenvalue weighted by molar-refractivity contribution is 7.89. The number of rotatable bonds is 8. The Hall–Kier alpha value is -2.33. The maximum absolute atomic E-state index is 12.2. The molecule has 9 heteroatoms. The van der Waals surface area contributed by atoms with Gasteiger partial charge in [0.2, 0.25) is 4.34 Å². The molecule has 136 valence electrons. The lowest BCUT2D eigenvalue weighted by molar-refractivity contribution is 0.0697. The Bertz CT molecular complexity index is 980. The Morgan fingerprint density at radius 2 is 1.88 bits per heavy atom. The Morgan fingerprint density at radius 1 is 1.15 bits per heavy atom. The average Bonchev–Trinajstić information content (AvgIpc) is 3.07. The smallest absolute Gasteiger partial charge is 0.335 e. The average molecular weight is 392 g/mol. The fourth-order valence-corrected chi connectivity index (χ4v) is 4.31. The van der Waals surface area contributed by atoms with E-state index in [0.717, 1.165) is 21.6 Å². The third kappa shape index (κ3) is 4.44. The van der Waals surface area contributed by atoms with E-state index < -0.39 is 16.1 Å². The zero-order valence-corrected chi connectivity index (χ0v) is 15.2. The molecule has 0 aliphatic heterocycles. The number of nitrogens with one attached hydrogen (secondary N) is 1. The topological polar surface area (TPSA) is 106 Å². The van der Waals surface area contributed by atoms with Gasteiger partial charge in [0.1, 0.15) is 6.73 Å². The number of hydrogen-bond donors (Lipinski definition) is 2. The van der Waals surface area contributed by atoms with E-state index in [-0.39, 0.29) is 16.6 Å². The van der Waals surface area contributed by atoms with Gasteiger partial charge < -0.3 is 5.11 Å². The second-order valence-electron chi connectivity index (χ2n) is 5.42. The number of aromatic nitrogens is 1. The molecule has 2 aromatic carbocycles. The van der Waals surface area contributed by atoms with Crippen LogP contribution in [0.4, 0.5) is 0 Å². The van der Waals surface area contributed by atoms with Gasteiger partial charge >= 0.3 is 16.1 Å². The molecule has 7 nitrogen and oxygen atoms in total. The van der Waals surface area contributed by atoms with Gasteiger partial charge in [-0.2, -0.15) is 8.42 Å². The third-order valence-electron chi connectivity index (χ3n) is 3.60. The normalized spacial score (nSPS) is 11.7. The van der Waals surface area contributed by atoms with Gasteiger partial charge in [-0.15, -0.1) is 11.3 Å². The van der Waals surface area contributed by atoms with E-state index >= 15 is 0 Å². The van der Waals surface area contributed by atoms with Gasteiger partial charge in [0, 0.05) is 6.54 Å². The second kappa shape index (κ2) is 7.92. The molecular weight excluding hydrogens is 376 g/mol. The van der Waals surface area contributed by atoms with Gasteiger partial charge in [-0.25, -0.2) is 14.0 Å².